The van der Waals surface area contributed by atoms with Crippen LogP contribution in [0.15, 0.2) is 18.2 Å². The fourth-order valence-corrected chi connectivity index (χ4v) is 1.85. The van der Waals surface area contributed by atoms with Crippen molar-refractivity contribution in [2.24, 2.45) is 5.73 Å². The Hall–Kier alpha value is -1.35. The topological polar surface area (TPSA) is 63.3 Å². The third-order valence-corrected chi connectivity index (χ3v) is 2.96. The van der Waals surface area contributed by atoms with Gasteiger partial charge in [-0.25, -0.2) is 0 Å². The van der Waals surface area contributed by atoms with Gasteiger partial charge in [0.2, 0.25) is 0 Å². The Labute approximate surface area is 103 Å². The Morgan fingerprint density at radius 2 is 2.06 bits per heavy atom. The number of carbonyl (C=O) groups is 1. The second kappa shape index (κ2) is 5.82. The van der Waals surface area contributed by atoms with Gasteiger partial charge in [0.05, 0.1) is 6.42 Å². The molecular formula is C14H21NO2. The van der Waals surface area contributed by atoms with Gasteiger partial charge in [0.15, 0.2) is 0 Å². The molecule has 3 nitrogen and oxygen atoms in total. The summed E-state index contributed by atoms with van der Waals surface area (Å²) in [5, 5.41) is 8.69. The predicted molar refractivity (Wildman–Crippen MR) is 69.2 cm³/mol. The first-order valence-corrected chi connectivity index (χ1v) is 5.97. The lowest BCUT2D eigenvalue weighted by Crippen LogP contribution is -2.26. The maximum atomic E-state index is 10.6. The molecule has 0 aliphatic heterocycles. The molecule has 0 aromatic heterocycles. The van der Waals surface area contributed by atoms with Crippen LogP contribution in [0.4, 0.5) is 0 Å². The Kier molecular flexibility index (Phi) is 4.70. The van der Waals surface area contributed by atoms with E-state index < -0.39 is 5.97 Å². The monoisotopic (exact) mass is 235 g/mol. The average Bonchev–Trinajstić information content (AvgIpc) is 2.19. The van der Waals surface area contributed by atoms with Gasteiger partial charge < -0.3 is 10.8 Å². The zero-order valence-corrected chi connectivity index (χ0v) is 10.7. The molecule has 0 radical (unpaired) electrons. The molecule has 0 aliphatic rings. The number of nitrogens with two attached hydrogens (primary N) is 1. The molecule has 0 aliphatic carbocycles. The van der Waals surface area contributed by atoms with Crippen molar-refractivity contribution in [3.8, 4) is 0 Å². The van der Waals surface area contributed by atoms with Gasteiger partial charge in [-0.05, 0) is 36.0 Å². The number of aliphatic carboxylic acids is 1. The van der Waals surface area contributed by atoms with Crippen LogP contribution in [0.3, 0.4) is 0 Å². The van der Waals surface area contributed by atoms with Crippen LogP contribution < -0.4 is 5.73 Å². The summed E-state index contributed by atoms with van der Waals surface area (Å²) in [6, 6.07) is 6.03. The van der Waals surface area contributed by atoms with Crippen LogP contribution in [0, 0.1) is 6.92 Å². The summed E-state index contributed by atoms with van der Waals surface area (Å²) in [5.74, 6) is -0.361. The van der Waals surface area contributed by atoms with Crippen LogP contribution in [0.2, 0.25) is 0 Å². The zero-order valence-electron chi connectivity index (χ0n) is 10.7. The van der Waals surface area contributed by atoms with Gasteiger partial charge in [-0.1, -0.05) is 32.0 Å². The van der Waals surface area contributed by atoms with Gasteiger partial charge in [0.25, 0.3) is 0 Å². The Morgan fingerprint density at radius 3 is 2.59 bits per heavy atom. The maximum Gasteiger partial charge on any atom is 0.304 e. The summed E-state index contributed by atoms with van der Waals surface area (Å²) >= 11 is 0. The molecular weight excluding hydrogens is 214 g/mol. The van der Waals surface area contributed by atoms with E-state index in [1.165, 1.54) is 11.1 Å². The van der Waals surface area contributed by atoms with Gasteiger partial charge in [0.1, 0.15) is 0 Å². The number of aryl methyl sites for hydroxylation is 1. The van der Waals surface area contributed by atoms with Crippen LogP contribution in [-0.2, 0) is 11.2 Å². The normalized spacial score (nSPS) is 12.8. The summed E-state index contributed by atoms with van der Waals surface area (Å²) < 4.78 is 0. The molecule has 17 heavy (non-hydrogen) atoms. The molecule has 0 saturated heterocycles. The summed E-state index contributed by atoms with van der Waals surface area (Å²) in [6.45, 7) is 6.32. The van der Waals surface area contributed by atoms with Crippen LogP contribution in [0.25, 0.3) is 0 Å². The highest BCUT2D eigenvalue weighted by atomic mass is 16.4. The molecule has 1 rings (SSSR count). The van der Waals surface area contributed by atoms with Gasteiger partial charge in [-0.3, -0.25) is 4.79 Å². The Morgan fingerprint density at radius 1 is 1.41 bits per heavy atom. The van der Waals surface area contributed by atoms with Crippen molar-refractivity contribution in [1.82, 2.24) is 0 Å². The molecule has 94 valence electrons. The second-order valence-electron chi connectivity index (χ2n) is 4.90. The van der Waals surface area contributed by atoms with Crippen molar-refractivity contribution in [2.75, 3.05) is 0 Å². The molecule has 0 spiro atoms. The van der Waals surface area contributed by atoms with E-state index in [-0.39, 0.29) is 12.5 Å². The molecule has 3 heteroatoms. The Balaban J connectivity index is 2.82. The van der Waals surface area contributed by atoms with Gasteiger partial charge in [-0.15, -0.1) is 0 Å². The number of hydrogen-bond acceptors (Lipinski definition) is 2. The van der Waals surface area contributed by atoms with Gasteiger partial charge in [-0.2, -0.15) is 0 Å². The van der Waals surface area contributed by atoms with Crippen molar-refractivity contribution in [1.29, 1.82) is 0 Å². The van der Waals surface area contributed by atoms with Crippen LogP contribution >= 0.6 is 0 Å². The van der Waals surface area contributed by atoms with Crippen molar-refractivity contribution >= 4 is 5.97 Å². The van der Waals surface area contributed by atoms with Crippen LogP contribution in [0.5, 0.6) is 0 Å². The SMILES string of the molecule is Cc1ccc(C(C)C)cc1CC(N)CC(=O)O. The third kappa shape index (κ3) is 4.19. The lowest BCUT2D eigenvalue weighted by atomic mass is 9.94. The largest absolute Gasteiger partial charge is 0.481 e. The molecule has 0 fully saturated rings. The summed E-state index contributed by atoms with van der Waals surface area (Å²) in [4.78, 5) is 10.6. The number of hydrogen-bond donors (Lipinski definition) is 2. The van der Waals surface area contributed by atoms with Crippen molar-refractivity contribution in [3.63, 3.8) is 0 Å². The molecule has 1 aromatic rings. The Bertz CT molecular complexity index is 399. The molecule has 0 amide bonds. The molecule has 0 saturated carbocycles. The molecule has 0 bridgehead atoms. The summed E-state index contributed by atoms with van der Waals surface area (Å²) in [6.07, 6.45) is 0.643. The van der Waals surface area contributed by atoms with E-state index in [0.717, 1.165) is 5.56 Å². The van der Waals surface area contributed by atoms with E-state index in [2.05, 4.69) is 32.0 Å². The minimum absolute atomic E-state index is 0.0192. The second-order valence-corrected chi connectivity index (χ2v) is 4.90. The van der Waals surface area contributed by atoms with Gasteiger partial charge in [0, 0.05) is 6.04 Å². The highest BCUT2D eigenvalue weighted by Gasteiger charge is 2.11. The van der Waals surface area contributed by atoms with Crippen LogP contribution in [-0.4, -0.2) is 17.1 Å². The lowest BCUT2D eigenvalue weighted by molar-refractivity contribution is -0.137. The third-order valence-electron chi connectivity index (χ3n) is 2.96. The quantitative estimate of drug-likeness (QED) is 0.824. The molecule has 1 atom stereocenters. The van der Waals surface area contributed by atoms with Gasteiger partial charge >= 0.3 is 5.97 Å². The zero-order chi connectivity index (χ0) is 13.0. The minimum atomic E-state index is -0.838. The molecule has 1 aromatic carbocycles. The highest BCUT2D eigenvalue weighted by Crippen LogP contribution is 2.19. The van der Waals surface area contributed by atoms with E-state index in [9.17, 15) is 4.79 Å². The first-order valence-electron chi connectivity index (χ1n) is 5.97. The van der Waals surface area contributed by atoms with Crippen molar-refractivity contribution in [3.05, 3.63) is 34.9 Å². The minimum Gasteiger partial charge on any atom is -0.481 e. The molecule has 1 unspecified atom stereocenters. The number of carboxylic acid groups (broad SMARTS) is 1. The molecule has 0 heterocycles. The smallest absolute Gasteiger partial charge is 0.304 e. The van der Waals surface area contributed by atoms with E-state index >= 15 is 0 Å². The van der Waals surface area contributed by atoms with Crippen molar-refractivity contribution in [2.45, 2.75) is 45.6 Å². The predicted octanol–water partition coefficient (Wildman–Crippen LogP) is 2.46. The average molecular weight is 235 g/mol. The summed E-state index contributed by atoms with van der Waals surface area (Å²) in [5.41, 5.74) is 9.43. The fraction of sp³-hybridized carbons (Fsp3) is 0.500. The highest BCUT2D eigenvalue weighted by molar-refractivity contribution is 5.67. The number of carboxylic acids is 1. The van der Waals surface area contributed by atoms with E-state index in [0.29, 0.717) is 12.3 Å². The first kappa shape index (κ1) is 13.7. The van der Waals surface area contributed by atoms with Crippen LogP contribution in [0.1, 0.15) is 42.9 Å². The van der Waals surface area contributed by atoms with E-state index in [1.807, 2.05) is 6.92 Å². The number of benzene rings is 1. The van der Waals surface area contributed by atoms with E-state index in [4.69, 9.17) is 10.8 Å². The lowest BCUT2D eigenvalue weighted by Gasteiger charge is -2.14. The van der Waals surface area contributed by atoms with Crippen molar-refractivity contribution < 1.29 is 9.90 Å². The number of rotatable bonds is 5. The molecule has 3 N–H and O–H groups in total. The summed E-state index contributed by atoms with van der Waals surface area (Å²) in [7, 11) is 0. The maximum absolute atomic E-state index is 10.6. The van der Waals surface area contributed by atoms with E-state index in [1.54, 1.807) is 0 Å². The first-order chi connectivity index (χ1) is 7.90. The standard InChI is InChI=1S/C14H21NO2/c1-9(2)11-5-4-10(3)12(6-11)7-13(15)8-14(16)17/h4-6,9,13H,7-8,15H2,1-3H3,(H,16,17). The fourth-order valence-electron chi connectivity index (χ4n) is 1.85.